The van der Waals surface area contributed by atoms with Crippen molar-refractivity contribution >= 4 is 11.7 Å². The molecule has 0 radical (unpaired) electrons. The van der Waals surface area contributed by atoms with Gasteiger partial charge in [-0.25, -0.2) is 0 Å². The average molecular weight is 211 g/mol. The molecule has 82 valence electrons. The number of likely N-dealkylation sites (N-methyl/N-ethyl adjacent to an activating group) is 1. The zero-order valence-electron chi connectivity index (χ0n) is 8.65. The first-order valence-corrected chi connectivity index (χ1v) is 4.17. The normalized spacial score (nSPS) is 10.1. The number of carbonyl (C=O) groups excluding carboxylic acids is 1. The Hall–Kier alpha value is -2.01. The minimum atomic E-state index is -0.476. The van der Waals surface area contributed by atoms with Crippen LogP contribution >= 0.6 is 0 Å². The molecule has 2 N–H and O–H groups in total. The molecule has 15 heavy (non-hydrogen) atoms. The number of ether oxygens (including phenoxy) is 1. The van der Waals surface area contributed by atoms with Crippen LogP contribution in [0.5, 0.6) is 0 Å². The Morgan fingerprint density at radius 3 is 2.87 bits per heavy atom. The van der Waals surface area contributed by atoms with Crippen molar-refractivity contribution in [2.75, 3.05) is 20.7 Å². The van der Waals surface area contributed by atoms with Gasteiger partial charge in [-0.3, -0.25) is 4.79 Å². The molecule has 0 rings (SSSR count). The molecule has 0 aromatic carbocycles. The number of allylic oxidation sites excluding steroid dienone is 1. The van der Waals surface area contributed by atoms with E-state index < -0.39 is 5.97 Å². The lowest BCUT2D eigenvalue weighted by Gasteiger charge is -2.03. The quantitative estimate of drug-likeness (QED) is 0.224. The van der Waals surface area contributed by atoms with Crippen LogP contribution in [0.15, 0.2) is 16.9 Å². The lowest BCUT2D eigenvalue weighted by atomic mass is 10.2. The predicted molar refractivity (Wildman–Crippen MR) is 55.5 cm³/mol. The third kappa shape index (κ3) is 6.11. The maximum absolute atomic E-state index is 10.8. The van der Waals surface area contributed by atoms with E-state index in [1.54, 1.807) is 7.05 Å². The van der Waals surface area contributed by atoms with Crippen molar-refractivity contribution in [3.8, 4) is 0 Å². The fraction of sp³-hybridized carbons (Fsp3) is 0.500. The van der Waals surface area contributed by atoms with E-state index in [4.69, 9.17) is 10.9 Å². The summed E-state index contributed by atoms with van der Waals surface area (Å²) in [6.07, 6.45) is 1.34. The van der Waals surface area contributed by atoms with Crippen molar-refractivity contribution in [3.63, 3.8) is 0 Å². The Morgan fingerprint density at radius 1 is 1.73 bits per heavy atom. The number of nitrogens with zero attached hydrogens (tertiary/aromatic N) is 3. The molecule has 0 amide bonds. The van der Waals surface area contributed by atoms with Crippen molar-refractivity contribution in [1.82, 2.24) is 5.32 Å². The molecule has 0 aliphatic heterocycles. The number of azide groups is 1. The first kappa shape index (κ1) is 13.0. The van der Waals surface area contributed by atoms with Crippen molar-refractivity contribution in [2.45, 2.75) is 6.42 Å². The topological polar surface area (TPSA) is 111 Å². The van der Waals surface area contributed by atoms with Crippen LogP contribution in [0.2, 0.25) is 0 Å². The maximum atomic E-state index is 10.8. The monoisotopic (exact) mass is 211 g/mol. The van der Waals surface area contributed by atoms with Crippen molar-refractivity contribution in [2.24, 2.45) is 5.11 Å². The van der Waals surface area contributed by atoms with E-state index in [-0.39, 0.29) is 18.7 Å². The molecule has 0 heterocycles. The van der Waals surface area contributed by atoms with Crippen molar-refractivity contribution in [3.05, 3.63) is 22.2 Å². The van der Waals surface area contributed by atoms with Gasteiger partial charge in [-0.15, -0.1) is 0 Å². The molecule has 0 aliphatic rings. The number of carbonyl (C=O) groups is 1. The molecule has 0 fully saturated rings. The summed E-state index contributed by atoms with van der Waals surface area (Å²) >= 11 is 0. The van der Waals surface area contributed by atoms with E-state index in [1.807, 2.05) is 0 Å². The minimum absolute atomic E-state index is 0.0966. The molecule has 0 saturated carbocycles. The van der Waals surface area contributed by atoms with Gasteiger partial charge in [-0.1, -0.05) is 5.11 Å². The highest BCUT2D eigenvalue weighted by molar-refractivity contribution is 6.03. The lowest BCUT2D eigenvalue weighted by molar-refractivity contribution is -0.139. The summed E-state index contributed by atoms with van der Waals surface area (Å²) < 4.78 is 4.41. The van der Waals surface area contributed by atoms with Gasteiger partial charge < -0.3 is 15.5 Å². The van der Waals surface area contributed by atoms with Crippen LogP contribution in [-0.4, -0.2) is 32.4 Å². The molecule has 7 heteroatoms. The second-order valence-corrected chi connectivity index (χ2v) is 2.59. The Bertz CT molecular complexity index is 317. The standard InChI is InChI=1S/C8H13N5O2/c1-11-7(5-12-13-10)3-6(9)4-8(14)15-2/h3,9,11H,4-5H2,1-2H3/b7-3-,9-6?. The van der Waals surface area contributed by atoms with Crippen LogP contribution < -0.4 is 5.32 Å². The second kappa shape index (κ2) is 7.40. The van der Waals surface area contributed by atoms with Crippen LogP contribution in [0.25, 0.3) is 10.4 Å². The zero-order valence-corrected chi connectivity index (χ0v) is 8.65. The number of hydrogen-bond donors (Lipinski definition) is 2. The molecular weight excluding hydrogens is 198 g/mol. The largest absolute Gasteiger partial charge is 0.469 e. The average Bonchev–Trinajstić information content (AvgIpc) is 2.23. The van der Waals surface area contributed by atoms with Gasteiger partial charge in [-0.2, -0.15) is 0 Å². The fourth-order valence-corrected chi connectivity index (χ4v) is 0.794. The molecule has 0 atom stereocenters. The molecule has 0 bridgehead atoms. The van der Waals surface area contributed by atoms with Crippen LogP contribution in [0.1, 0.15) is 6.42 Å². The van der Waals surface area contributed by atoms with Crippen molar-refractivity contribution in [1.29, 1.82) is 5.41 Å². The summed E-state index contributed by atoms with van der Waals surface area (Å²) in [4.78, 5) is 13.4. The summed E-state index contributed by atoms with van der Waals surface area (Å²) in [7, 11) is 2.91. The van der Waals surface area contributed by atoms with Crippen LogP contribution in [0, 0.1) is 5.41 Å². The van der Waals surface area contributed by atoms with Crippen LogP contribution in [0.4, 0.5) is 0 Å². The second-order valence-electron chi connectivity index (χ2n) is 2.59. The van der Waals surface area contributed by atoms with Gasteiger partial charge in [0.05, 0.1) is 20.1 Å². The first-order chi connectivity index (χ1) is 7.13. The van der Waals surface area contributed by atoms with Gasteiger partial charge in [0.25, 0.3) is 0 Å². The van der Waals surface area contributed by atoms with Gasteiger partial charge >= 0.3 is 5.97 Å². The zero-order chi connectivity index (χ0) is 11.7. The Kier molecular flexibility index (Phi) is 6.41. The molecule has 0 saturated heterocycles. The number of esters is 1. The van der Waals surface area contributed by atoms with Crippen LogP contribution in [0.3, 0.4) is 0 Å². The number of nitrogens with one attached hydrogen (secondary N) is 2. The number of methoxy groups -OCH3 is 1. The minimum Gasteiger partial charge on any atom is -0.469 e. The maximum Gasteiger partial charge on any atom is 0.311 e. The van der Waals surface area contributed by atoms with Crippen molar-refractivity contribution < 1.29 is 9.53 Å². The highest BCUT2D eigenvalue weighted by Crippen LogP contribution is 1.95. The SMILES string of the molecule is CN/C(=C\C(=N)CC(=O)OC)CN=[N+]=[N-]. The Balaban J connectivity index is 4.34. The molecule has 0 unspecified atom stereocenters. The van der Waals surface area contributed by atoms with E-state index in [0.717, 1.165) is 0 Å². The van der Waals surface area contributed by atoms with Crippen LogP contribution in [-0.2, 0) is 9.53 Å². The third-order valence-electron chi connectivity index (χ3n) is 1.54. The molecular formula is C8H13N5O2. The number of rotatable bonds is 6. The highest BCUT2D eigenvalue weighted by atomic mass is 16.5. The van der Waals surface area contributed by atoms with E-state index in [2.05, 4.69) is 20.1 Å². The summed E-state index contributed by atoms with van der Waals surface area (Å²) in [5.74, 6) is -0.476. The smallest absolute Gasteiger partial charge is 0.311 e. The fourth-order valence-electron chi connectivity index (χ4n) is 0.794. The highest BCUT2D eigenvalue weighted by Gasteiger charge is 2.04. The van der Waals surface area contributed by atoms with E-state index in [9.17, 15) is 4.79 Å². The molecule has 0 aromatic rings. The summed E-state index contributed by atoms with van der Waals surface area (Å²) in [6, 6.07) is 0. The summed E-state index contributed by atoms with van der Waals surface area (Å²) in [5.41, 5.74) is 8.77. The van der Waals surface area contributed by atoms with E-state index in [1.165, 1.54) is 13.2 Å². The van der Waals surface area contributed by atoms with Gasteiger partial charge in [0.1, 0.15) is 0 Å². The molecule has 0 aromatic heterocycles. The first-order valence-electron chi connectivity index (χ1n) is 4.17. The molecule has 0 spiro atoms. The number of hydrogen-bond acceptors (Lipinski definition) is 5. The third-order valence-corrected chi connectivity index (χ3v) is 1.54. The van der Waals surface area contributed by atoms with Gasteiger partial charge in [0.15, 0.2) is 0 Å². The Morgan fingerprint density at radius 2 is 2.40 bits per heavy atom. The van der Waals surface area contributed by atoms with Gasteiger partial charge in [-0.05, 0) is 11.6 Å². The van der Waals surface area contributed by atoms with E-state index in [0.29, 0.717) is 5.70 Å². The van der Waals surface area contributed by atoms with Gasteiger partial charge in [0.2, 0.25) is 0 Å². The molecule has 7 nitrogen and oxygen atoms in total. The molecule has 0 aliphatic carbocycles. The summed E-state index contributed by atoms with van der Waals surface area (Å²) in [5, 5.41) is 13.5. The lowest BCUT2D eigenvalue weighted by Crippen LogP contribution is -2.13. The predicted octanol–water partition coefficient (Wildman–Crippen LogP) is 0.983. The summed E-state index contributed by atoms with van der Waals surface area (Å²) in [6.45, 7) is 0.122. The van der Waals surface area contributed by atoms with E-state index >= 15 is 0 Å². The Labute approximate surface area is 87.2 Å². The van der Waals surface area contributed by atoms with Gasteiger partial charge in [0, 0.05) is 23.4 Å².